The van der Waals surface area contributed by atoms with E-state index in [-0.39, 0.29) is 5.41 Å². The first-order valence-corrected chi connectivity index (χ1v) is 27.1. The summed E-state index contributed by atoms with van der Waals surface area (Å²) in [6, 6.07) is 88.1. The van der Waals surface area contributed by atoms with Gasteiger partial charge in [-0.25, -0.2) is 0 Å². The Bertz CT molecular complexity index is 3510. The van der Waals surface area contributed by atoms with Crippen molar-refractivity contribution in [3.05, 3.63) is 247 Å². The predicted molar refractivity (Wildman–Crippen MR) is 296 cm³/mol. The average molecular weight is 902 g/mol. The van der Waals surface area contributed by atoms with Crippen LogP contribution in [0.4, 0.5) is 17.1 Å². The molecule has 3 aliphatic rings. The van der Waals surface area contributed by atoms with Crippen molar-refractivity contribution < 1.29 is 0 Å². The zero-order valence-electron chi connectivity index (χ0n) is 39.5. The molecule has 2 aliphatic carbocycles. The van der Waals surface area contributed by atoms with E-state index < -0.39 is 8.07 Å². The average Bonchev–Trinajstić information content (AvgIpc) is 3.84. The molecule has 0 atom stereocenters. The van der Waals surface area contributed by atoms with Crippen molar-refractivity contribution in [2.24, 2.45) is 0 Å². The molecule has 0 N–H and O–H groups in total. The SMILES string of the molecule is CC1(C)c2ccccc2-c2ccc(N(c3ccc(-c4ccc(C5CCCCC5)cc4)cc3)c3ccc4ccccc4c3-c3ccc4c(c3)[Si](c3ccccc3)(c3ccccc3)c3ccccc3-4)cc21. The number of fused-ring (bicyclic) bond motifs is 7. The molecule has 69 heavy (non-hydrogen) atoms. The normalized spacial score (nSPS) is 15.3. The standard InChI is InChI=1S/C67H55NSi/c1-67(2)61-28-16-14-26-57(61)58-42-40-53(45-62(58)67)68(52-38-34-49(35-39-52)48-32-30-47(31-33-48)46-18-6-3-7-19-46)63-43-37-50-20-12-13-25-56(50)66(63)51-36-41-60-59-27-15-17-29-64(59)69(65(60)44-51,54-21-8-4-9-22-54)55-23-10-5-11-24-55/h4-5,8-17,20-46H,3,6-7,18-19H2,1-2H3. The fourth-order valence-electron chi connectivity index (χ4n) is 12.8. The summed E-state index contributed by atoms with van der Waals surface area (Å²) in [4.78, 5) is 2.54. The van der Waals surface area contributed by atoms with Gasteiger partial charge in [-0.3, -0.25) is 0 Å². The Labute approximate surface area is 408 Å². The molecule has 1 saturated carbocycles. The fraction of sp³-hybridized carbons (Fsp3) is 0.134. The minimum Gasteiger partial charge on any atom is -0.310 e. The summed E-state index contributed by atoms with van der Waals surface area (Å²) in [5.41, 5.74) is 17.9. The number of benzene rings is 10. The molecule has 10 aromatic rings. The van der Waals surface area contributed by atoms with Gasteiger partial charge in [0.25, 0.3) is 0 Å². The van der Waals surface area contributed by atoms with E-state index in [0.29, 0.717) is 5.92 Å². The highest BCUT2D eigenvalue weighted by atomic mass is 28.3. The summed E-state index contributed by atoms with van der Waals surface area (Å²) in [5.74, 6) is 0.696. The summed E-state index contributed by atoms with van der Waals surface area (Å²) in [6.45, 7) is 4.78. The lowest BCUT2D eigenvalue weighted by Crippen LogP contribution is -2.72. The van der Waals surface area contributed by atoms with Crippen molar-refractivity contribution in [3.8, 4) is 44.5 Å². The van der Waals surface area contributed by atoms with Gasteiger partial charge in [0, 0.05) is 22.4 Å². The Kier molecular flexibility index (Phi) is 10.0. The Morgan fingerprint density at radius 3 is 1.72 bits per heavy atom. The highest BCUT2D eigenvalue weighted by molar-refractivity contribution is 7.22. The highest BCUT2D eigenvalue weighted by Crippen LogP contribution is 2.52. The zero-order valence-corrected chi connectivity index (χ0v) is 40.5. The molecule has 1 aliphatic heterocycles. The summed E-state index contributed by atoms with van der Waals surface area (Å²) < 4.78 is 0. The lowest BCUT2D eigenvalue weighted by Gasteiger charge is -2.32. The van der Waals surface area contributed by atoms with E-state index in [9.17, 15) is 0 Å². The van der Waals surface area contributed by atoms with Crippen molar-refractivity contribution in [3.63, 3.8) is 0 Å². The number of nitrogens with zero attached hydrogens (tertiary/aromatic N) is 1. The lowest BCUT2D eigenvalue weighted by atomic mass is 9.82. The molecule has 0 aromatic heterocycles. The molecule has 0 radical (unpaired) electrons. The van der Waals surface area contributed by atoms with Crippen molar-refractivity contribution in [2.75, 3.05) is 4.90 Å². The van der Waals surface area contributed by atoms with Gasteiger partial charge < -0.3 is 4.90 Å². The Hall–Kier alpha value is -7.52. The van der Waals surface area contributed by atoms with Crippen LogP contribution in [0.3, 0.4) is 0 Å². The fourth-order valence-corrected chi connectivity index (χ4v) is 18.0. The highest BCUT2D eigenvalue weighted by Gasteiger charge is 2.48. The molecule has 1 nitrogen and oxygen atoms in total. The van der Waals surface area contributed by atoms with Crippen LogP contribution in [0.5, 0.6) is 0 Å². The monoisotopic (exact) mass is 901 g/mol. The minimum absolute atomic E-state index is 0.148. The van der Waals surface area contributed by atoms with E-state index in [1.807, 2.05) is 0 Å². The Balaban J connectivity index is 1.02. The molecule has 13 rings (SSSR count). The van der Waals surface area contributed by atoms with Crippen molar-refractivity contribution in [1.29, 1.82) is 0 Å². The molecule has 10 aromatic carbocycles. The van der Waals surface area contributed by atoms with E-state index in [4.69, 9.17) is 0 Å². The first-order chi connectivity index (χ1) is 34.0. The van der Waals surface area contributed by atoms with Crippen LogP contribution >= 0.6 is 0 Å². The Morgan fingerprint density at radius 2 is 0.986 bits per heavy atom. The Morgan fingerprint density at radius 1 is 0.420 bits per heavy atom. The molecule has 0 saturated heterocycles. The molecule has 2 heteroatoms. The molecule has 332 valence electrons. The van der Waals surface area contributed by atoms with Crippen LogP contribution in [0.25, 0.3) is 55.3 Å². The number of hydrogen-bond donors (Lipinski definition) is 0. The molecular weight excluding hydrogens is 847 g/mol. The van der Waals surface area contributed by atoms with Gasteiger partial charge in [0.05, 0.1) is 5.69 Å². The van der Waals surface area contributed by atoms with Crippen molar-refractivity contribution >= 4 is 56.7 Å². The second-order valence-corrected chi connectivity index (χ2v) is 23.9. The molecule has 0 spiro atoms. The van der Waals surface area contributed by atoms with E-state index in [1.165, 1.54) is 125 Å². The molecule has 1 fully saturated rings. The largest absolute Gasteiger partial charge is 0.310 e. The first kappa shape index (κ1) is 41.6. The van der Waals surface area contributed by atoms with Crippen molar-refractivity contribution in [1.82, 2.24) is 0 Å². The summed E-state index contributed by atoms with van der Waals surface area (Å²) in [5, 5.41) is 8.19. The van der Waals surface area contributed by atoms with Gasteiger partial charge in [0.2, 0.25) is 0 Å². The lowest BCUT2D eigenvalue weighted by molar-refractivity contribution is 0.443. The third-order valence-electron chi connectivity index (χ3n) is 16.2. The van der Waals surface area contributed by atoms with Gasteiger partial charge in [-0.1, -0.05) is 233 Å². The second kappa shape index (κ2) is 16.6. The van der Waals surface area contributed by atoms with E-state index in [0.717, 1.165) is 17.1 Å². The van der Waals surface area contributed by atoms with Crippen LogP contribution in [-0.4, -0.2) is 8.07 Å². The van der Waals surface area contributed by atoms with Crippen LogP contribution in [0, 0.1) is 0 Å². The number of anilines is 3. The van der Waals surface area contributed by atoms with Gasteiger partial charge in [-0.05, 0) is 136 Å². The van der Waals surface area contributed by atoms with Gasteiger partial charge in [-0.15, -0.1) is 0 Å². The third kappa shape index (κ3) is 6.64. The maximum atomic E-state index is 2.59. The van der Waals surface area contributed by atoms with Crippen LogP contribution < -0.4 is 25.6 Å². The molecule has 0 bridgehead atoms. The third-order valence-corrected chi connectivity index (χ3v) is 21.0. The minimum atomic E-state index is -2.75. The molecular formula is C67H55NSi. The van der Waals surface area contributed by atoms with Gasteiger partial charge in [-0.2, -0.15) is 0 Å². The van der Waals surface area contributed by atoms with Gasteiger partial charge in [0.1, 0.15) is 0 Å². The summed E-state index contributed by atoms with van der Waals surface area (Å²) >= 11 is 0. The smallest absolute Gasteiger partial charge is 0.180 e. The quantitative estimate of drug-likeness (QED) is 0.137. The maximum Gasteiger partial charge on any atom is 0.180 e. The number of rotatable bonds is 8. The van der Waals surface area contributed by atoms with E-state index in [1.54, 1.807) is 0 Å². The van der Waals surface area contributed by atoms with Crippen molar-refractivity contribution in [2.45, 2.75) is 57.3 Å². The zero-order chi connectivity index (χ0) is 46.1. The molecule has 0 unspecified atom stereocenters. The molecule has 1 heterocycles. The van der Waals surface area contributed by atoms with Gasteiger partial charge in [0.15, 0.2) is 8.07 Å². The van der Waals surface area contributed by atoms with Crippen LogP contribution in [-0.2, 0) is 5.41 Å². The van der Waals surface area contributed by atoms with Crippen LogP contribution in [0.1, 0.15) is 68.6 Å². The van der Waals surface area contributed by atoms with Crippen LogP contribution in [0.2, 0.25) is 0 Å². The first-order valence-electron chi connectivity index (χ1n) is 25.1. The van der Waals surface area contributed by atoms with Gasteiger partial charge >= 0.3 is 0 Å². The second-order valence-electron chi connectivity index (χ2n) is 20.2. The van der Waals surface area contributed by atoms with E-state index in [2.05, 4.69) is 249 Å². The summed E-state index contributed by atoms with van der Waals surface area (Å²) in [6.07, 6.45) is 6.71. The number of hydrogen-bond acceptors (Lipinski definition) is 1. The summed E-state index contributed by atoms with van der Waals surface area (Å²) in [7, 11) is -2.75. The molecule has 0 amide bonds. The van der Waals surface area contributed by atoms with Crippen LogP contribution in [0.15, 0.2) is 231 Å². The topological polar surface area (TPSA) is 3.24 Å². The van der Waals surface area contributed by atoms with E-state index >= 15 is 0 Å². The maximum absolute atomic E-state index is 2.75. The predicted octanol–water partition coefficient (Wildman–Crippen LogP) is 15.4.